The summed E-state index contributed by atoms with van der Waals surface area (Å²) < 4.78 is 10.7. The van der Waals surface area contributed by atoms with E-state index >= 15 is 0 Å². The van der Waals surface area contributed by atoms with Gasteiger partial charge in [-0.25, -0.2) is 0 Å². The monoisotopic (exact) mass is 297 g/mol. The van der Waals surface area contributed by atoms with Crippen LogP contribution < -0.4 is 15.2 Å². The minimum Gasteiger partial charge on any atom is -0.454 e. The molecule has 3 rings (SSSR count). The van der Waals surface area contributed by atoms with Gasteiger partial charge in [-0.1, -0.05) is 24.9 Å². The van der Waals surface area contributed by atoms with Gasteiger partial charge >= 0.3 is 0 Å². The Bertz CT molecular complexity index is 522. The van der Waals surface area contributed by atoms with Crippen LogP contribution in [-0.2, 0) is 0 Å². The highest BCUT2D eigenvalue weighted by Gasteiger charge is 2.43. The smallest absolute Gasteiger partial charge is 0.231 e. The molecular weight excluding hydrogens is 278 g/mol. The number of halogens is 1. The van der Waals surface area contributed by atoms with Crippen LogP contribution >= 0.6 is 11.6 Å². The summed E-state index contributed by atoms with van der Waals surface area (Å²) in [5.74, 6) is 1.76. The highest BCUT2D eigenvalue weighted by atomic mass is 35.5. The third kappa shape index (κ3) is 2.16. The lowest BCUT2D eigenvalue weighted by Gasteiger charge is -2.33. The molecule has 20 heavy (non-hydrogen) atoms. The Balaban J connectivity index is 1.94. The van der Waals surface area contributed by atoms with E-state index in [1.165, 1.54) is 0 Å². The Morgan fingerprint density at radius 2 is 2.30 bits per heavy atom. The van der Waals surface area contributed by atoms with Crippen molar-refractivity contribution in [3.05, 3.63) is 22.7 Å². The number of fused-ring (bicyclic) bond motifs is 1. The van der Waals surface area contributed by atoms with Crippen LogP contribution in [0.3, 0.4) is 0 Å². The van der Waals surface area contributed by atoms with Crippen molar-refractivity contribution in [2.24, 2.45) is 17.1 Å². The Labute approximate surface area is 123 Å². The molecule has 3 atom stereocenters. The average Bonchev–Trinajstić information content (AvgIpc) is 3.05. The number of nitrogens with two attached hydrogens (primary N) is 1. The van der Waals surface area contributed by atoms with Gasteiger partial charge in [0.25, 0.3) is 0 Å². The van der Waals surface area contributed by atoms with Gasteiger partial charge in [-0.2, -0.15) is 0 Å². The maximum Gasteiger partial charge on any atom is 0.231 e. The van der Waals surface area contributed by atoms with Gasteiger partial charge in [0.2, 0.25) is 6.79 Å². The van der Waals surface area contributed by atoms with E-state index in [1.807, 2.05) is 6.07 Å². The summed E-state index contributed by atoms with van der Waals surface area (Å²) in [6, 6.07) is 3.58. The van der Waals surface area contributed by atoms with Crippen LogP contribution in [0.25, 0.3) is 0 Å². The minimum absolute atomic E-state index is 0.174. The molecule has 5 heteroatoms. The van der Waals surface area contributed by atoms with Crippen LogP contribution in [-0.4, -0.2) is 18.4 Å². The lowest BCUT2D eigenvalue weighted by molar-refractivity contribution is 0.0306. The zero-order valence-electron chi connectivity index (χ0n) is 11.6. The second kappa shape index (κ2) is 5.10. The Kier molecular flexibility index (Phi) is 3.56. The molecule has 1 saturated carbocycles. The lowest BCUT2D eigenvalue weighted by Crippen LogP contribution is -2.34. The third-order valence-corrected chi connectivity index (χ3v) is 4.92. The predicted octanol–water partition coefficient (Wildman–Crippen LogP) is 2.87. The molecule has 2 aliphatic rings. The summed E-state index contributed by atoms with van der Waals surface area (Å²) in [6.07, 6.45) is 2.37. The standard InChI is InChI=1S/C15H20ClNO3/c1-9-2-3-15(6-9,7-17)14(18)10-4-11(16)13-12(5-10)19-8-20-13/h4-5,9,14,18H,2-3,6-8,17H2,1H3. The molecule has 0 radical (unpaired) electrons. The number of aliphatic hydroxyl groups is 1. The topological polar surface area (TPSA) is 64.7 Å². The van der Waals surface area contributed by atoms with E-state index in [9.17, 15) is 5.11 Å². The molecule has 0 aromatic heterocycles. The maximum absolute atomic E-state index is 10.8. The molecule has 0 amide bonds. The van der Waals surface area contributed by atoms with Crippen LogP contribution in [0.5, 0.6) is 11.5 Å². The molecule has 1 aromatic rings. The minimum atomic E-state index is -0.621. The van der Waals surface area contributed by atoms with E-state index < -0.39 is 6.10 Å². The van der Waals surface area contributed by atoms with Gasteiger partial charge in [0, 0.05) is 12.0 Å². The molecule has 0 saturated heterocycles. The van der Waals surface area contributed by atoms with Crippen molar-refractivity contribution in [2.75, 3.05) is 13.3 Å². The quantitative estimate of drug-likeness (QED) is 0.900. The van der Waals surface area contributed by atoms with Crippen LogP contribution in [0, 0.1) is 11.3 Å². The summed E-state index contributed by atoms with van der Waals surface area (Å²) in [7, 11) is 0. The molecule has 0 bridgehead atoms. The fraction of sp³-hybridized carbons (Fsp3) is 0.600. The highest BCUT2D eigenvalue weighted by Crippen LogP contribution is 2.51. The van der Waals surface area contributed by atoms with Crippen molar-refractivity contribution in [3.8, 4) is 11.5 Å². The first-order valence-corrected chi connectivity index (χ1v) is 7.41. The van der Waals surface area contributed by atoms with Crippen molar-refractivity contribution in [1.82, 2.24) is 0 Å². The zero-order chi connectivity index (χ0) is 14.3. The number of hydrogen-bond donors (Lipinski definition) is 2. The van der Waals surface area contributed by atoms with Crippen LogP contribution in [0.1, 0.15) is 37.9 Å². The molecular formula is C15H20ClNO3. The van der Waals surface area contributed by atoms with E-state index in [-0.39, 0.29) is 12.2 Å². The fourth-order valence-corrected chi connectivity index (χ4v) is 3.75. The van der Waals surface area contributed by atoms with Crippen molar-refractivity contribution < 1.29 is 14.6 Å². The third-order valence-electron chi connectivity index (χ3n) is 4.64. The summed E-state index contributed by atoms with van der Waals surface area (Å²) in [6.45, 7) is 2.86. The second-order valence-corrected chi connectivity index (χ2v) is 6.46. The van der Waals surface area contributed by atoms with Gasteiger partial charge in [-0.05, 0) is 36.5 Å². The van der Waals surface area contributed by atoms with E-state index in [2.05, 4.69) is 6.92 Å². The van der Waals surface area contributed by atoms with Gasteiger partial charge in [0.1, 0.15) is 0 Å². The van der Waals surface area contributed by atoms with E-state index in [0.29, 0.717) is 29.0 Å². The van der Waals surface area contributed by atoms with Crippen molar-refractivity contribution >= 4 is 11.6 Å². The SMILES string of the molecule is CC1CCC(CN)(C(O)c2cc(Cl)c3c(c2)OCO3)C1. The first-order chi connectivity index (χ1) is 9.55. The first kappa shape index (κ1) is 14.0. The maximum atomic E-state index is 10.8. The van der Waals surface area contributed by atoms with Crippen molar-refractivity contribution in [2.45, 2.75) is 32.3 Å². The molecule has 4 nitrogen and oxygen atoms in total. The Morgan fingerprint density at radius 3 is 2.95 bits per heavy atom. The number of rotatable bonds is 3. The zero-order valence-corrected chi connectivity index (χ0v) is 12.3. The summed E-state index contributed by atoms with van der Waals surface area (Å²) in [4.78, 5) is 0. The van der Waals surface area contributed by atoms with Crippen molar-refractivity contribution in [1.29, 1.82) is 0 Å². The Morgan fingerprint density at radius 1 is 1.50 bits per heavy atom. The highest BCUT2D eigenvalue weighted by molar-refractivity contribution is 6.32. The summed E-state index contributed by atoms with van der Waals surface area (Å²) in [5.41, 5.74) is 6.48. The average molecular weight is 298 g/mol. The largest absolute Gasteiger partial charge is 0.454 e. The first-order valence-electron chi connectivity index (χ1n) is 7.03. The van der Waals surface area contributed by atoms with Crippen LogP contribution in [0.15, 0.2) is 12.1 Å². The van der Waals surface area contributed by atoms with Crippen molar-refractivity contribution in [3.63, 3.8) is 0 Å². The predicted molar refractivity (Wildman–Crippen MR) is 77.0 cm³/mol. The molecule has 3 N–H and O–H groups in total. The molecule has 1 fully saturated rings. The molecule has 3 unspecified atom stereocenters. The normalized spacial score (nSPS) is 29.7. The summed E-state index contributed by atoms with van der Waals surface area (Å²) in [5, 5.41) is 11.3. The number of aliphatic hydroxyl groups excluding tert-OH is 1. The van der Waals surface area contributed by atoms with Gasteiger partial charge in [-0.3, -0.25) is 0 Å². The molecule has 110 valence electrons. The summed E-state index contributed by atoms with van der Waals surface area (Å²) >= 11 is 6.20. The van der Waals surface area contributed by atoms with E-state index in [1.54, 1.807) is 6.07 Å². The van der Waals surface area contributed by atoms with Gasteiger partial charge in [0.15, 0.2) is 11.5 Å². The van der Waals surface area contributed by atoms with Crippen LogP contribution in [0.4, 0.5) is 0 Å². The molecule has 1 heterocycles. The molecule has 1 aliphatic carbocycles. The second-order valence-electron chi connectivity index (χ2n) is 6.05. The molecule has 1 aromatic carbocycles. The lowest BCUT2D eigenvalue weighted by atomic mass is 9.76. The number of ether oxygens (including phenoxy) is 2. The van der Waals surface area contributed by atoms with Gasteiger partial charge < -0.3 is 20.3 Å². The Hall–Kier alpha value is -0.970. The van der Waals surface area contributed by atoms with Crippen LogP contribution in [0.2, 0.25) is 5.02 Å². The van der Waals surface area contributed by atoms with E-state index in [0.717, 1.165) is 24.8 Å². The molecule has 1 aliphatic heterocycles. The fourth-order valence-electron chi connectivity index (χ4n) is 3.48. The van der Waals surface area contributed by atoms with Gasteiger partial charge in [0.05, 0.1) is 11.1 Å². The molecule has 0 spiro atoms. The number of hydrogen-bond acceptors (Lipinski definition) is 4. The van der Waals surface area contributed by atoms with E-state index in [4.69, 9.17) is 26.8 Å². The van der Waals surface area contributed by atoms with Gasteiger partial charge in [-0.15, -0.1) is 0 Å². The number of benzene rings is 1.